The van der Waals surface area contributed by atoms with Crippen molar-refractivity contribution in [3.63, 3.8) is 0 Å². The summed E-state index contributed by atoms with van der Waals surface area (Å²) in [6.45, 7) is 13.5. The van der Waals surface area contributed by atoms with Gasteiger partial charge in [-0.1, -0.05) is 23.2 Å². The molecule has 0 bridgehead atoms. The molecule has 0 saturated carbocycles. The molecule has 1 N–H and O–H groups in total. The van der Waals surface area contributed by atoms with Crippen LogP contribution in [-0.2, 0) is 14.2 Å². The number of carbonyl (C=O) groups excluding carboxylic acids is 2. The number of aliphatic hydroxyl groups is 1. The molecule has 0 heterocycles. The van der Waals surface area contributed by atoms with Crippen molar-refractivity contribution in [2.75, 3.05) is 0 Å². The summed E-state index contributed by atoms with van der Waals surface area (Å²) in [6, 6.07) is 0. The van der Waals surface area contributed by atoms with Crippen LogP contribution in [0.1, 0.15) is 55.4 Å². The Morgan fingerprint density at radius 3 is 0.424 bits per heavy atom. The number of hydrogen-bond donors (Lipinski definition) is 1. The number of carbonyl (C=O) groups is 2. The van der Waals surface area contributed by atoms with Gasteiger partial charge in [0.15, 0.2) is 11.1 Å². The predicted molar refractivity (Wildman–Crippen MR) is 1160 cm³/mol. The fraction of sp³-hybridized carbons (Fsp3) is 0.857. The Kier molecular flexibility index (Phi) is 154. The minimum atomic E-state index is -0.873. The van der Waals surface area contributed by atoms with Gasteiger partial charge in [-0.25, -0.2) is 9.59 Å². The Morgan fingerprint density at radius 1 is 0.263 bits per heavy atom. The molecule has 0 rings (SSSR count). The third kappa shape index (κ3) is 77.7. The van der Waals surface area contributed by atoms with Gasteiger partial charge in [0, 0.05) is 11.6 Å². The third-order valence-electron chi connectivity index (χ3n) is 3.84. The van der Waals surface area contributed by atoms with E-state index in [1.54, 1.807) is 48.5 Å². The molecular formula is C14H27Cl3I76O6. The van der Waals surface area contributed by atoms with Crippen molar-refractivity contribution in [3.05, 3.63) is 0 Å². The van der Waals surface area contributed by atoms with Gasteiger partial charge in [0.25, 0.3) is 0 Å². The summed E-state index contributed by atoms with van der Waals surface area (Å²) in [5.74, 6) is 0. The molecule has 672 valence electrons. The Morgan fingerprint density at radius 2 is 0.364 bits per heavy atom. The summed E-state index contributed by atoms with van der Waals surface area (Å²) in [7, 11) is -21.6. The first-order chi connectivity index (χ1) is 44.5. The second-order valence-corrected chi connectivity index (χ2v) is 1820. The molecule has 0 fully saturated rings. The second-order valence-electron chi connectivity index (χ2n) is 12.2. The minimum absolute atomic E-state index is 0.482. The van der Waals surface area contributed by atoms with Crippen molar-refractivity contribution in [2.24, 2.45) is 0 Å². The molecular weight excluding hydrogens is 10000 g/mol. The molecule has 85 heteroatoms. The van der Waals surface area contributed by atoms with Crippen molar-refractivity contribution < 1.29 is 28.9 Å². The topological polar surface area (TPSA) is 82.1 Å². The van der Waals surface area contributed by atoms with Crippen molar-refractivity contribution in [2.45, 2.75) is 77.7 Å². The van der Waals surface area contributed by atoms with Crippen molar-refractivity contribution in [1.82, 2.24) is 0 Å². The quantitative estimate of drug-likeness (QED) is 0.0287. The van der Waals surface area contributed by atoms with Gasteiger partial charge in [-0.2, -0.15) is 0 Å². The summed E-state index contributed by atoms with van der Waals surface area (Å²) in [5.41, 5.74) is -3.18. The van der Waals surface area contributed by atoms with Gasteiger partial charge in [-0.15, -0.1) is 0 Å². The molecule has 0 aliphatic heterocycles. The van der Waals surface area contributed by atoms with Crippen LogP contribution in [0.15, 0.2) is 0 Å². The van der Waals surface area contributed by atoms with Crippen LogP contribution in [-0.4, -0.2) is 39.0 Å². The van der Waals surface area contributed by atoms with Crippen LogP contribution in [0, 0.1) is 0 Å². The normalized spacial score (nSPS) is 17.7. The molecule has 0 aliphatic rings. The zero-order valence-electron chi connectivity index (χ0n) is 43.5. The van der Waals surface area contributed by atoms with E-state index in [0.29, 0.717) is 0 Å². The van der Waals surface area contributed by atoms with Crippen LogP contribution in [0.25, 0.3) is 0 Å². The van der Waals surface area contributed by atoms with Gasteiger partial charge < -0.3 is 19.3 Å². The number of hydrogen-bond acceptors (Lipinski definition) is 6. The van der Waals surface area contributed by atoms with Gasteiger partial charge in [0.1, 0.15) is 5.60 Å². The molecule has 0 amide bonds. The molecule has 0 aromatic rings. The third-order valence-corrected chi connectivity index (χ3v) is 5950. The molecule has 6 nitrogen and oxygen atoms in total. The fourth-order valence-corrected chi connectivity index (χ4v) is 14700. The van der Waals surface area contributed by atoms with E-state index in [0.717, 1.165) is 0 Å². The average molecular weight is 10000 g/mol. The van der Waals surface area contributed by atoms with Crippen LogP contribution < -0.4 is 0 Å². The van der Waals surface area contributed by atoms with Gasteiger partial charge in [-0.05, 0) is 55.4 Å². The van der Waals surface area contributed by atoms with Gasteiger partial charge >= 0.3 is 1030 Å². The predicted octanol–water partition coefficient (Wildman–Crippen LogP) is 72.6. The number of rotatable bonds is 38. The SMILES string of the molecule is CC(C)(C)O.CC(Cl)OC(=O)Cl.CC(Cl)OC(=O)OC(C)(C)C.II(I)I(I)I(I)I(I)I(I)I(I)I(I)I(I)I(I)I(I)I(I)I(I)I(I)I(I)I(I)I(I)I(I)I(I)I(I)I(I)I(I)I(I)I(I)I(I)I(I)I(I)I(I)I(I)I(I)I(I)I(I)I(I)I(I)I(I)I(I)I(I)I(I)I. The van der Waals surface area contributed by atoms with E-state index in [-0.39, 0.29) is 0 Å². The maximum absolute atomic E-state index is 10.7. The molecule has 99 heavy (non-hydrogen) atoms. The molecule has 2 unspecified atom stereocenters. The molecule has 0 aliphatic carbocycles. The summed E-state index contributed by atoms with van der Waals surface area (Å²) >= 11 is 146. The fourth-order valence-electron chi connectivity index (χ4n) is 1.61. The summed E-state index contributed by atoms with van der Waals surface area (Å²) < 4.78 is 13.5. The first-order valence-corrected chi connectivity index (χ1v) is 490. The molecule has 0 spiro atoms. The van der Waals surface area contributed by atoms with E-state index in [9.17, 15) is 9.59 Å². The standard InChI is InChI=1S/C7H13ClO3.C4H10O.C3H4Cl2O2.I76/c1-5(8)10-6(9)11-7(2,3)4;1-4(2,3)5;1-2(4)7-3(5)6;1-40(2)42(5)44(7)46(9)48(11)50(13)52(15)54(17)56(19)58(21)60(23)62(25)64(27)66(29)68(31)70(33)72(35)74(37)76(39)75(38)73(36)71(34)69(32)67(30)65(28)63(26)61(24)59(22)57(20)55(18)53(16)51(14)49(12)47(10)45(8)43(6)41(3)4/h5H,1-4H3;5H,1-3H3;2H,1H3;. The van der Waals surface area contributed by atoms with Crippen LogP contribution in [0.3, 0.4) is 0 Å². The van der Waals surface area contributed by atoms with E-state index < -0.39 is 326 Å². The zero-order chi connectivity index (χ0) is 79.8. The Balaban J connectivity index is -0.00000165. The number of ether oxygens (including phenoxy) is 3. The molecule has 0 aromatic heterocycles. The Bertz CT molecular complexity index is 2020. The van der Waals surface area contributed by atoms with Crippen molar-refractivity contribution in [1.29, 1.82) is 0 Å². The Hall–Kier alpha value is 55.0. The maximum atomic E-state index is 10.7. The second kappa shape index (κ2) is 94.9. The summed E-state index contributed by atoms with van der Waals surface area (Å²) in [4.78, 5) is 20.5. The van der Waals surface area contributed by atoms with Gasteiger partial charge in [0.05, 0.1) is 5.60 Å². The van der Waals surface area contributed by atoms with E-state index in [4.69, 9.17) is 44.6 Å². The molecule has 0 radical (unpaired) electrons. The van der Waals surface area contributed by atoms with E-state index in [2.05, 4.69) is 735 Å². The van der Waals surface area contributed by atoms with Crippen LogP contribution >= 0.6 is 1050 Å². The van der Waals surface area contributed by atoms with Gasteiger partial charge in [-0.3, -0.25) is 0 Å². The van der Waals surface area contributed by atoms with E-state index in [1.807, 2.05) is 0 Å². The van der Waals surface area contributed by atoms with Crippen LogP contribution in [0.2, 0.25) is 0 Å². The van der Waals surface area contributed by atoms with Crippen molar-refractivity contribution in [3.8, 4) is 0 Å². The molecule has 0 saturated heterocycles. The number of alkyl halides is 2. The summed E-state index contributed by atoms with van der Waals surface area (Å²) in [5, 5.41) is 8.52. The van der Waals surface area contributed by atoms with Crippen LogP contribution in [0.5, 0.6) is 0 Å². The monoisotopic (exact) mass is 10000 g/mol. The van der Waals surface area contributed by atoms with E-state index >= 15 is 0 Å². The first-order valence-electron chi connectivity index (χ1n) is 17.4. The molecule has 2 atom stereocenters. The zero-order valence-corrected chi connectivity index (χ0v) is 210. The van der Waals surface area contributed by atoms with Gasteiger partial charge in [0.2, 0.25) is 0 Å². The molecule has 0 aromatic carbocycles. The average Bonchev–Trinajstić information content (AvgIpc) is 0.829. The van der Waals surface area contributed by atoms with Crippen molar-refractivity contribution >= 4 is 1060 Å². The Labute approximate surface area is 1110 Å². The summed E-state index contributed by atoms with van der Waals surface area (Å²) in [6.07, 6.45) is -0.736. The number of halogens is 79. The van der Waals surface area contributed by atoms with E-state index in [1.165, 1.54) is 6.92 Å². The first kappa shape index (κ1) is 160. The van der Waals surface area contributed by atoms with Crippen LogP contribution in [0.4, 0.5) is 9.59 Å².